The SMILES string of the molecule is COc1nc(N[C@H]2CC[C@@](C)(O)CC2)nn2cc(F)c(-c3cnc4nccn4c3)c12. The highest BCUT2D eigenvalue weighted by atomic mass is 19.1. The van der Waals surface area contributed by atoms with Crippen molar-refractivity contribution in [3.05, 3.63) is 36.8 Å². The molecule has 0 amide bonds. The summed E-state index contributed by atoms with van der Waals surface area (Å²) in [6, 6.07) is 0.139. The zero-order chi connectivity index (χ0) is 20.9. The molecule has 1 saturated carbocycles. The van der Waals surface area contributed by atoms with E-state index in [2.05, 4.69) is 25.4 Å². The van der Waals surface area contributed by atoms with Gasteiger partial charge in [0.1, 0.15) is 5.52 Å². The van der Waals surface area contributed by atoms with Crippen LogP contribution >= 0.6 is 0 Å². The molecule has 156 valence electrons. The van der Waals surface area contributed by atoms with Crippen LogP contribution in [0.5, 0.6) is 5.88 Å². The first-order valence-corrected chi connectivity index (χ1v) is 9.84. The molecule has 1 aliphatic rings. The molecule has 4 aromatic heterocycles. The van der Waals surface area contributed by atoms with Gasteiger partial charge in [-0.25, -0.2) is 18.9 Å². The molecule has 0 spiro atoms. The van der Waals surface area contributed by atoms with E-state index in [9.17, 15) is 9.50 Å². The van der Waals surface area contributed by atoms with Gasteiger partial charge in [-0.15, -0.1) is 5.10 Å². The molecule has 10 heteroatoms. The molecule has 1 aliphatic carbocycles. The van der Waals surface area contributed by atoms with E-state index in [1.807, 2.05) is 6.92 Å². The summed E-state index contributed by atoms with van der Waals surface area (Å²) in [5.74, 6) is 0.703. The first-order valence-electron chi connectivity index (χ1n) is 9.84. The van der Waals surface area contributed by atoms with Crippen molar-refractivity contribution in [3.63, 3.8) is 0 Å². The lowest BCUT2D eigenvalue weighted by Crippen LogP contribution is -2.36. The van der Waals surface area contributed by atoms with Gasteiger partial charge in [-0.2, -0.15) is 4.98 Å². The number of rotatable bonds is 4. The monoisotopic (exact) mass is 411 g/mol. The Kier molecular flexibility index (Phi) is 4.31. The topological polar surface area (TPSA) is 102 Å². The summed E-state index contributed by atoms with van der Waals surface area (Å²) in [5, 5.41) is 17.9. The van der Waals surface area contributed by atoms with Crippen LogP contribution in [0.15, 0.2) is 31.0 Å². The van der Waals surface area contributed by atoms with Gasteiger partial charge < -0.3 is 15.2 Å². The van der Waals surface area contributed by atoms with Crippen molar-refractivity contribution in [2.75, 3.05) is 12.4 Å². The van der Waals surface area contributed by atoms with Crippen molar-refractivity contribution in [2.45, 2.75) is 44.2 Å². The molecule has 0 saturated heterocycles. The van der Waals surface area contributed by atoms with E-state index in [1.165, 1.54) is 17.8 Å². The van der Waals surface area contributed by atoms with Crippen molar-refractivity contribution in [3.8, 4) is 17.0 Å². The molecule has 0 bridgehead atoms. The molecule has 0 unspecified atom stereocenters. The van der Waals surface area contributed by atoms with Crippen LogP contribution in [0.2, 0.25) is 0 Å². The predicted molar refractivity (Wildman–Crippen MR) is 108 cm³/mol. The molecule has 2 N–H and O–H groups in total. The second-order valence-electron chi connectivity index (χ2n) is 7.98. The van der Waals surface area contributed by atoms with Gasteiger partial charge in [-0.3, -0.25) is 4.40 Å². The summed E-state index contributed by atoms with van der Waals surface area (Å²) in [4.78, 5) is 12.9. The molecule has 9 nitrogen and oxygen atoms in total. The second kappa shape index (κ2) is 6.91. The maximum Gasteiger partial charge on any atom is 0.244 e. The molecule has 0 radical (unpaired) electrons. The van der Waals surface area contributed by atoms with E-state index < -0.39 is 11.4 Å². The summed E-state index contributed by atoms with van der Waals surface area (Å²) >= 11 is 0. The first kappa shape index (κ1) is 18.7. The van der Waals surface area contributed by atoms with Gasteiger partial charge in [-0.1, -0.05) is 0 Å². The Hall–Kier alpha value is -3.27. The minimum atomic E-state index is -0.622. The molecule has 30 heavy (non-hydrogen) atoms. The van der Waals surface area contributed by atoms with Crippen LogP contribution in [0.3, 0.4) is 0 Å². The summed E-state index contributed by atoms with van der Waals surface area (Å²) in [6.45, 7) is 1.86. The fourth-order valence-corrected chi connectivity index (χ4v) is 4.01. The minimum absolute atomic E-state index is 0.139. The number of imidazole rings is 1. The Morgan fingerprint density at radius 1 is 1.27 bits per heavy atom. The molecule has 0 aromatic carbocycles. The lowest BCUT2D eigenvalue weighted by Gasteiger charge is -2.33. The first-order chi connectivity index (χ1) is 14.4. The molecule has 5 rings (SSSR count). The summed E-state index contributed by atoms with van der Waals surface area (Å²) in [6.07, 6.45) is 11.0. The number of aliphatic hydroxyl groups is 1. The number of nitrogens with one attached hydrogen (secondary N) is 1. The van der Waals surface area contributed by atoms with Crippen LogP contribution in [-0.2, 0) is 0 Å². The van der Waals surface area contributed by atoms with E-state index in [1.54, 1.807) is 29.2 Å². The van der Waals surface area contributed by atoms with Crippen molar-refractivity contribution >= 4 is 17.2 Å². The maximum absolute atomic E-state index is 15.0. The minimum Gasteiger partial charge on any atom is -0.479 e. The van der Waals surface area contributed by atoms with Crippen LogP contribution in [0.25, 0.3) is 22.4 Å². The Labute approximate surface area is 171 Å². The highest BCUT2D eigenvalue weighted by Crippen LogP contribution is 2.34. The van der Waals surface area contributed by atoms with E-state index in [0.29, 0.717) is 41.2 Å². The number of methoxy groups -OCH3 is 1. The summed E-state index contributed by atoms with van der Waals surface area (Å²) in [7, 11) is 1.50. The lowest BCUT2D eigenvalue weighted by molar-refractivity contribution is 0.0195. The average Bonchev–Trinajstić information content (AvgIpc) is 3.31. The van der Waals surface area contributed by atoms with E-state index in [0.717, 1.165) is 12.8 Å². The van der Waals surface area contributed by atoms with Crippen molar-refractivity contribution in [2.24, 2.45) is 0 Å². The highest BCUT2D eigenvalue weighted by Gasteiger charge is 2.29. The van der Waals surface area contributed by atoms with Gasteiger partial charge in [-0.05, 0) is 32.6 Å². The van der Waals surface area contributed by atoms with E-state index in [4.69, 9.17) is 4.74 Å². The van der Waals surface area contributed by atoms with Gasteiger partial charge in [0.15, 0.2) is 5.82 Å². The zero-order valence-electron chi connectivity index (χ0n) is 16.7. The summed E-state index contributed by atoms with van der Waals surface area (Å²) in [5.41, 5.74) is 0.685. The number of nitrogens with zero attached hydrogens (tertiary/aromatic N) is 6. The van der Waals surface area contributed by atoms with Gasteiger partial charge >= 0.3 is 0 Å². The standard InChI is InChI=1S/C20H22FN7O2/c1-20(29)5-3-13(4-6-20)24-18-25-17(30-2)16-15(14(21)11-28(16)26-18)12-9-23-19-22-7-8-27(19)10-12/h7-11,13,29H,3-6H2,1-2H3,(H,24,26)/t13-,20+. The average molecular weight is 411 g/mol. The zero-order valence-corrected chi connectivity index (χ0v) is 16.7. The fourth-order valence-electron chi connectivity index (χ4n) is 4.01. The van der Waals surface area contributed by atoms with Crippen molar-refractivity contribution in [1.29, 1.82) is 0 Å². The predicted octanol–water partition coefficient (Wildman–Crippen LogP) is 2.69. The quantitative estimate of drug-likeness (QED) is 0.532. The molecule has 4 aromatic rings. The number of fused-ring (bicyclic) bond motifs is 2. The number of hydrogen-bond donors (Lipinski definition) is 2. The molecular formula is C20H22FN7O2. The van der Waals surface area contributed by atoms with Crippen LogP contribution in [0.1, 0.15) is 32.6 Å². The van der Waals surface area contributed by atoms with Gasteiger partial charge in [0.2, 0.25) is 17.6 Å². The second-order valence-corrected chi connectivity index (χ2v) is 7.98. The Morgan fingerprint density at radius 3 is 2.83 bits per heavy atom. The number of hydrogen-bond acceptors (Lipinski definition) is 7. The Morgan fingerprint density at radius 2 is 2.07 bits per heavy atom. The van der Waals surface area contributed by atoms with Crippen molar-refractivity contribution in [1.82, 2.24) is 29.0 Å². The Balaban J connectivity index is 1.53. The van der Waals surface area contributed by atoms with Gasteiger partial charge in [0.25, 0.3) is 0 Å². The molecular weight excluding hydrogens is 389 g/mol. The number of halogens is 1. The van der Waals surface area contributed by atoms with E-state index >= 15 is 0 Å². The third-order valence-electron chi connectivity index (χ3n) is 5.68. The third kappa shape index (κ3) is 3.22. The molecule has 0 aliphatic heterocycles. The largest absolute Gasteiger partial charge is 0.479 e. The highest BCUT2D eigenvalue weighted by molar-refractivity contribution is 5.84. The van der Waals surface area contributed by atoms with Gasteiger partial charge in [0.05, 0.1) is 24.5 Å². The lowest BCUT2D eigenvalue weighted by atomic mass is 9.84. The smallest absolute Gasteiger partial charge is 0.244 e. The Bertz CT molecular complexity index is 1220. The fraction of sp³-hybridized carbons (Fsp3) is 0.400. The third-order valence-corrected chi connectivity index (χ3v) is 5.68. The normalized spacial score (nSPS) is 21.9. The van der Waals surface area contributed by atoms with Crippen LogP contribution < -0.4 is 10.1 Å². The van der Waals surface area contributed by atoms with Gasteiger partial charge in [0, 0.05) is 36.4 Å². The van der Waals surface area contributed by atoms with Crippen molar-refractivity contribution < 1.29 is 14.2 Å². The number of anilines is 1. The van der Waals surface area contributed by atoms with Crippen LogP contribution in [0.4, 0.5) is 10.3 Å². The van der Waals surface area contributed by atoms with E-state index in [-0.39, 0.29) is 11.9 Å². The number of ether oxygens (including phenoxy) is 1. The summed E-state index contributed by atoms with van der Waals surface area (Å²) < 4.78 is 23.6. The number of aromatic nitrogens is 6. The molecule has 4 heterocycles. The molecule has 0 atom stereocenters. The maximum atomic E-state index is 15.0. The van der Waals surface area contributed by atoms with Crippen LogP contribution in [0, 0.1) is 5.82 Å². The van der Waals surface area contributed by atoms with Crippen LogP contribution in [-0.4, -0.2) is 52.8 Å². The molecule has 1 fully saturated rings.